The number of ketones is 1. The Morgan fingerprint density at radius 1 is 0.833 bits per heavy atom. The number of phenols is 2. The zero-order chi connectivity index (χ0) is 13.3. The van der Waals surface area contributed by atoms with E-state index in [9.17, 15) is 15.0 Å². The van der Waals surface area contributed by atoms with Gasteiger partial charge in [0.15, 0.2) is 0 Å². The molecule has 0 aliphatic carbocycles. The Morgan fingerprint density at radius 2 is 1.22 bits per heavy atom. The van der Waals surface area contributed by atoms with Gasteiger partial charge in [-0.1, -0.05) is 0 Å². The summed E-state index contributed by atoms with van der Waals surface area (Å²) in [7, 11) is 0. The SMILES string of the molecule is O=C(c1ccc([As])c(O)c1)c1ccc([As])c(O)c1. The van der Waals surface area contributed by atoms with Gasteiger partial charge in [-0.15, -0.1) is 0 Å². The van der Waals surface area contributed by atoms with Gasteiger partial charge in [-0.2, -0.15) is 0 Å². The van der Waals surface area contributed by atoms with Gasteiger partial charge in [0.1, 0.15) is 0 Å². The molecule has 0 atom stereocenters. The van der Waals surface area contributed by atoms with E-state index in [2.05, 4.69) is 33.7 Å². The summed E-state index contributed by atoms with van der Waals surface area (Å²) in [5.41, 5.74) is 0.778. The van der Waals surface area contributed by atoms with Crippen LogP contribution in [0.15, 0.2) is 36.4 Å². The quantitative estimate of drug-likeness (QED) is 0.581. The van der Waals surface area contributed by atoms with E-state index in [-0.39, 0.29) is 17.3 Å². The minimum atomic E-state index is -0.236. The van der Waals surface area contributed by atoms with Crippen molar-refractivity contribution in [1.29, 1.82) is 0 Å². The van der Waals surface area contributed by atoms with Crippen molar-refractivity contribution in [3.8, 4) is 11.5 Å². The third kappa shape index (κ3) is 2.63. The van der Waals surface area contributed by atoms with Gasteiger partial charge in [0.25, 0.3) is 0 Å². The molecule has 0 bridgehead atoms. The summed E-state index contributed by atoms with van der Waals surface area (Å²) in [6.07, 6.45) is 0. The Hall–Kier alpha value is -1.17. The van der Waals surface area contributed by atoms with Crippen LogP contribution in [0.1, 0.15) is 15.9 Å². The standard InChI is InChI=1S/C13H8As2O3/c14-9-3-1-7(5-11(9)16)13(18)8-2-4-10(15)12(17)6-8/h1-6,16-17H. The van der Waals surface area contributed by atoms with Gasteiger partial charge in [-0.05, 0) is 0 Å². The maximum absolute atomic E-state index is 12.1. The predicted octanol–water partition coefficient (Wildman–Crippen LogP) is -0.0836. The molecule has 2 aromatic carbocycles. The first-order chi connectivity index (χ1) is 8.49. The number of benzene rings is 2. The molecule has 0 aliphatic rings. The monoisotopic (exact) mass is 362 g/mol. The van der Waals surface area contributed by atoms with E-state index in [1.807, 2.05) is 0 Å². The van der Waals surface area contributed by atoms with Crippen molar-refractivity contribution < 1.29 is 15.0 Å². The zero-order valence-electron chi connectivity index (χ0n) is 9.16. The topological polar surface area (TPSA) is 57.5 Å². The van der Waals surface area contributed by atoms with Crippen LogP contribution in [0, 0.1) is 0 Å². The minimum absolute atomic E-state index is 0.0638. The number of rotatable bonds is 2. The van der Waals surface area contributed by atoms with Gasteiger partial charge in [-0.3, -0.25) is 0 Å². The number of phenolic OH excluding ortho intramolecular Hbond substituents is 2. The first kappa shape index (κ1) is 13.3. The molecule has 0 saturated carbocycles. The normalized spacial score (nSPS) is 10.3. The van der Waals surface area contributed by atoms with E-state index >= 15 is 0 Å². The number of carbonyl (C=O) groups excluding carboxylic acids is 1. The van der Waals surface area contributed by atoms with E-state index in [4.69, 9.17) is 0 Å². The Morgan fingerprint density at radius 3 is 1.56 bits per heavy atom. The first-order valence-electron chi connectivity index (χ1n) is 5.07. The number of aromatic hydroxyl groups is 2. The van der Waals surface area contributed by atoms with Crippen LogP contribution in [-0.2, 0) is 0 Å². The number of hydrogen-bond donors (Lipinski definition) is 2. The van der Waals surface area contributed by atoms with Crippen LogP contribution in [0.4, 0.5) is 0 Å². The maximum atomic E-state index is 12.1. The molecular weight excluding hydrogens is 354 g/mol. The molecule has 0 aliphatic heterocycles. The molecule has 0 heterocycles. The molecule has 2 N–H and O–H groups in total. The van der Waals surface area contributed by atoms with Gasteiger partial charge in [0, 0.05) is 0 Å². The van der Waals surface area contributed by atoms with Gasteiger partial charge in [0.2, 0.25) is 0 Å². The molecule has 0 fully saturated rings. The Balaban J connectivity index is 2.41. The average Bonchev–Trinajstić information content (AvgIpc) is 2.35. The summed E-state index contributed by atoms with van der Waals surface area (Å²) < 4.78 is 1.31. The summed E-state index contributed by atoms with van der Waals surface area (Å²) in [6, 6.07) is 9.44. The second-order valence-corrected chi connectivity index (χ2v) is 5.76. The van der Waals surface area contributed by atoms with E-state index in [1.165, 1.54) is 12.1 Å². The first-order valence-corrected chi connectivity index (χ1v) is 6.95. The molecule has 18 heavy (non-hydrogen) atoms. The van der Waals surface area contributed by atoms with Gasteiger partial charge >= 0.3 is 122 Å². The molecule has 4 radical (unpaired) electrons. The Labute approximate surface area is 122 Å². The van der Waals surface area contributed by atoms with E-state index < -0.39 is 0 Å². The fraction of sp³-hybridized carbons (Fsp3) is 0. The fourth-order valence-electron chi connectivity index (χ4n) is 1.50. The van der Waals surface area contributed by atoms with Crippen LogP contribution >= 0.6 is 0 Å². The van der Waals surface area contributed by atoms with Crippen molar-refractivity contribution in [2.24, 2.45) is 0 Å². The average molecular weight is 362 g/mol. The van der Waals surface area contributed by atoms with E-state index in [0.717, 1.165) is 0 Å². The van der Waals surface area contributed by atoms with E-state index in [1.54, 1.807) is 24.3 Å². The molecule has 2 rings (SSSR count). The van der Waals surface area contributed by atoms with Gasteiger partial charge < -0.3 is 0 Å². The second-order valence-electron chi connectivity index (χ2n) is 3.74. The van der Waals surface area contributed by atoms with Gasteiger partial charge in [-0.25, -0.2) is 0 Å². The van der Waals surface area contributed by atoms with Crippen LogP contribution in [0.25, 0.3) is 0 Å². The fourth-order valence-corrected chi connectivity index (χ4v) is 2.08. The summed E-state index contributed by atoms with van der Waals surface area (Å²) in [6.45, 7) is 0. The molecule has 0 unspecified atom stereocenters. The third-order valence-electron chi connectivity index (χ3n) is 2.48. The molecule has 0 saturated heterocycles. The summed E-state index contributed by atoms with van der Waals surface area (Å²) in [5.74, 6) is -0.108. The number of carbonyl (C=O) groups is 1. The van der Waals surface area contributed by atoms with Crippen LogP contribution in [-0.4, -0.2) is 49.7 Å². The van der Waals surface area contributed by atoms with E-state index in [0.29, 0.717) is 19.8 Å². The molecule has 2 aromatic rings. The summed E-state index contributed by atoms with van der Waals surface area (Å²) in [5, 5.41) is 19.1. The molecule has 88 valence electrons. The molecule has 5 heteroatoms. The molecular formula is C13H8As2O3. The summed E-state index contributed by atoms with van der Waals surface area (Å²) in [4.78, 5) is 12.1. The second kappa shape index (κ2) is 5.22. The third-order valence-corrected chi connectivity index (χ3v) is 4.06. The van der Waals surface area contributed by atoms with Crippen LogP contribution in [0.2, 0.25) is 0 Å². The van der Waals surface area contributed by atoms with Crippen molar-refractivity contribution in [2.45, 2.75) is 0 Å². The molecule has 0 aromatic heterocycles. The summed E-state index contributed by atoms with van der Waals surface area (Å²) >= 11 is 4.45. The number of hydrogen-bond acceptors (Lipinski definition) is 3. The van der Waals surface area contributed by atoms with Crippen LogP contribution < -0.4 is 8.70 Å². The zero-order valence-corrected chi connectivity index (χ0v) is 12.9. The van der Waals surface area contributed by atoms with Crippen molar-refractivity contribution >= 4 is 48.2 Å². The van der Waals surface area contributed by atoms with Crippen molar-refractivity contribution in [1.82, 2.24) is 0 Å². The van der Waals surface area contributed by atoms with Crippen molar-refractivity contribution in [3.05, 3.63) is 47.5 Å². The Kier molecular flexibility index (Phi) is 3.84. The molecule has 0 amide bonds. The molecule has 0 spiro atoms. The van der Waals surface area contributed by atoms with Gasteiger partial charge in [0.05, 0.1) is 0 Å². The van der Waals surface area contributed by atoms with Crippen LogP contribution in [0.5, 0.6) is 11.5 Å². The van der Waals surface area contributed by atoms with Crippen molar-refractivity contribution in [2.75, 3.05) is 0 Å². The predicted molar refractivity (Wildman–Crippen MR) is 70.4 cm³/mol. The van der Waals surface area contributed by atoms with Crippen LogP contribution in [0.3, 0.4) is 0 Å². The Bertz CT molecular complexity index is 570. The molecule has 3 nitrogen and oxygen atoms in total. The van der Waals surface area contributed by atoms with Crippen molar-refractivity contribution in [3.63, 3.8) is 0 Å².